The van der Waals surface area contributed by atoms with Crippen molar-refractivity contribution in [1.29, 1.82) is 0 Å². The van der Waals surface area contributed by atoms with Gasteiger partial charge in [0.2, 0.25) is 5.88 Å². The molecule has 0 N–H and O–H groups in total. The fourth-order valence-electron chi connectivity index (χ4n) is 4.41. The van der Waals surface area contributed by atoms with E-state index in [1.807, 2.05) is 36.9 Å². The maximum Gasteiger partial charge on any atom is 0.256 e. The van der Waals surface area contributed by atoms with Crippen LogP contribution in [-0.2, 0) is 0 Å². The predicted octanol–water partition coefficient (Wildman–Crippen LogP) is 2.36. The van der Waals surface area contributed by atoms with Gasteiger partial charge >= 0.3 is 0 Å². The lowest BCUT2D eigenvalue weighted by Gasteiger charge is -2.33. The van der Waals surface area contributed by atoms with E-state index in [0.717, 1.165) is 30.6 Å². The van der Waals surface area contributed by atoms with Gasteiger partial charge in [0.25, 0.3) is 5.91 Å². The van der Waals surface area contributed by atoms with Gasteiger partial charge in [-0.1, -0.05) is 11.6 Å². The molecule has 1 saturated carbocycles. The maximum absolute atomic E-state index is 13.5. The third kappa shape index (κ3) is 3.24. The van der Waals surface area contributed by atoms with Crippen molar-refractivity contribution in [1.82, 2.24) is 29.9 Å². The highest BCUT2D eigenvalue weighted by molar-refractivity contribution is 5.98. The zero-order chi connectivity index (χ0) is 20.0. The number of nitrogens with zero attached hydrogens (tertiary/aromatic N) is 6. The Morgan fingerprint density at radius 1 is 1.10 bits per heavy atom. The molecule has 1 aromatic carbocycles. The lowest BCUT2D eigenvalue weighted by molar-refractivity contribution is 0.0465. The molecule has 1 aliphatic heterocycles. The third-order valence-electron chi connectivity index (χ3n) is 5.73. The molecule has 8 heteroatoms. The molecular formula is C21H22N6O2. The lowest BCUT2D eigenvalue weighted by Crippen LogP contribution is -2.47. The van der Waals surface area contributed by atoms with Crippen molar-refractivity contribution in [2.75, 3.05) is 6.54 Å². The van der Waals surface area contributed by atoms with Crippen LogP contribution >= 0.6 is 0 Å². The molecule has 2 fully saturated rings. The van der Waals surface area contributed by atoms with Gasteiger partial charge in [-0.25, -0.2) is 4.98 Å². The molecule has 1 saturated heterocycles. The number of hydrogen-bond donors (Lipinski definition) is 0. The molecule has 2 aromatic heterocycles. The normalized spacial score (nSPS) is 22.8. The maximum atomic E-state index is 13.5. The summed E-state index contributed by atoms with van der Waals surface area (Å²) in [6, 6.07) is 5.81. The van der Waals surface area contributed by atoms with Gasteiger partial charge in [-0.3, -0.25) is 9.78 Å². The van der Waals surface area contributed by atoms with E-state index in [1.54, 1.807) is 24.8 Å². The summed E-state index contributed by atoms with van der Waals surface area (Å²) >= 11 is 0. The molecule has 148 valence electrons. The van der Waals surface area contributed by atoms with Gasteiger partial charge in [-0.05, 0) is 44.7 Å². The second-order valence-corrected chi connectivity index (χ2v) is 7.85. The minimum atomic E-state index is -0.0641. The van der Waals surface area contributed by atoms with Crippen LogP contribution in [-0.4, -0.2) is 54.5 Å². The standard InChI is InChI=1S/C21H22N6O2/c1-13-3-4-17(27-24-5-6-25-27)16(7-13)21(28)26-12-15-8-18(26)19(9-15)29-20-11-22-14(2)10-23-20/h3-7,10-11,15,18-19H,8-9,12H2,1-2H3. The summed E-state index contributed by atoms with van der Waals surface area (Å²) in [5.74, 6) is 0.956. The molecule has 3 aromatic rings. The average Bonchev–Trinajstić information content (AvgIpc) is 3.46. The number of amides is 1. The topological polar surface area (TPSA) is 86.0 Å². The van der Waals surface area contributed by atoms with E-state index in [0.29, 0.717) is 23.0 Å². The molecule has 1 aliphatic carbocycles. The highest BCUT2D eigenvalue weighted by Gasteiger charge is 2.48. The number of carbonyl (C=O) groups is 1. The van der Waals surface area contributed by atoms with Crippen molar-refractivity contribution >= 4 is 5.91 Å². The minimum Gasteiger partial charge on any atom is -0.471 e. The largest absolute Gasteiger partial charge is 0.471 e. The Hall–Kier alpha value is -3.29. The number of likely N-dealkylation sites (tertiary alicyclic amines) is 1. The zero-order valence-electron chi connectivity index (χ0n) is 16.4. The molecular weight excluding hydrogens is 368 g/mol. The van der Waals surface area contributed by atoms with E-state index in [2.05, 4.69) is 20.2 Å². The Morgan fingerprint density at radius 2 is 1.93 bits per heavy atom. The first-order valence-electron chi connectivity index (χ1n) is 9.82. The minimum absolute atomic E-state index is 0.00297. The van der Waals surface area contributed by atoms with Gasteiger partial charge < -0.3 is 9.64 Å². The zero-order valence-corrected chi connectivity index (χ0v) is 16.4. The van der Waals surface area contributed by atoms with E-state index in [-0.39, 0.29) is 18.1 Å². The van der Waals surface area contributed by atoms with Crippen LogP contribution in [0.25, 0.3) is 5.69 Å². The predicted molar refractivity (Wildman–Crippen MR) is 105 cm³/mol. The van der Waals surface area contributed by atoms with Crippen LogP contribution in [0.3, 0.4) is 0 Å². The first kappa shape index (κ1) is 17.8. The van der Waals surface area contributed by atoms with Crippen molar-refractivity contribution in [2.24, 2.45) is 5.92 Å². The number of hydrogen-bond acceptors (Lipinski definition) is 6. The van der Waals surface area contributed by atoms with Gasteiger partial charge in [0.15, 0.2) is 0 Å². The van der Waals surface area contributed by atoms with E-state index in [4.69, 9.17) is 4.74 Å². The fraction of sp³-hybridized carbons (Fsp3) is 0.381. The monoisotopic (exact) mass is 390 g/mol. The van der Waals surface area contributed by atoms with Gasteiger partial charge in [0.05, 0.1) is 47.8 Å². The van der Waals surface area contributed by atoms with Crippen molar-refractivity contribution < 1.29 is 9.53 Å². The molecule has 3 atom stereocenters. The Labute approximate surface area is 168 Å². The summed E-state index contributed by atoms with van der Waals surface area (Å²) in [6.45, 7) is 4.63. The summed E-state index contributed by atoms with van der Waals surface area (Å²) in [7, 11) is 0. The summed E-state index contributed by atoms with van der Waals surface area (Å²) in [4.78, 5) is 25.5. The number of fused-ring (bicyclic) bond motifs is 2. The molecule has 5 rings (SSSR count). The number of rotatable bonds is 4. The van der Waals surface area contributed by atoms with E-state index in [1.165, 1.54) is 4.80 Å². The molecule has 3 unspecified atom stereocenters. The second kappa shape index (κ2) is 6.95. The molecule has 0 spiro atoms. The lowest BCUT2D eigenvalue weighted by atomic mass is 10.0. The van der Waals surface area contributed by atoms with Crippen molar-refractivity contribution in [3.8, 4) is 11.6 Å². The molecule has 3 heterocycles. The SMILES string of the molecule is Cc1ccc(-n2nccn2)c(C(=O)N2CC3CC(Oc4cnc(C)cn4)C2C3)c1. The molecule has 0 radical (unpaired) electrons. The number of piperidine rings is 1. The highest BCUT2D eigenvalue weighted by Crippen LogP contribution is 2.40. The average molecular weight is 390 g/mol. The van der Waals surface area contributed by atoms with Crippen LogP contribution in [0.4, 0.5) is 0 Å². The van der Waals surface area contributed by atoms with Gasteiger partial charge in [0, 0.05) is 6.54 Å². The van der Waals surface area contributed by atoms with Gasteiger partial charge in [0.1, 0.15) is 6.10 Å². The smallest absolute Gasteiger partial charge is 0.256 e. The highest BCUT2D eigenvalue weighted by atomic mass is 16.5. The van der Waals surface area contributed by atoms with Gasteiger partial charge in [-0.2, -0.15) is 15.0 Å². The van der Waals surface area contributed by atoms with Crippen LogP contribution in [0, 0.1) is 19.8 Å². The van der Waals surface area contributed by atoms with Crippen molar-refractivity contribution in [2.45, 2.75) is 38.8 Å². The fourth-order valence-corrected chi connectivity index (χ4v) is 4.41. The Morgan fingerprint density at radius 3 is 2.66 bits per heavy atom. The Balaban J connectivity index is 1.41. The second-order valence-electron chi connectivity index (χ2n) is 7.85. The first-order chi connectivity index (χ1) is 14.1. The van der Waals surface area contributed by atoms with Crippen LogP contribution in [0.2, 0.25) is 0 Å². The summed E-state index contributed by atoms with van der Waals surface area (Å²) in [5.41, 5.74) is 3.18. The van der Waals surface area contributed by atoms with Crippen LogP contribution in [0.1, 0.15) is 34.5 Å². The van der Waals surface area contributed by atoms with Crippen LogP contribution < -0.4 is 4.74 Å². The Bertz CT molecular complexity index is 1030. The van der Waals surface area contributed by atoms with E-state index >= 15 is 0 Å². The summed E-state index contributed by atoms with van der Waals surface area (Å²) in [5, 5.41) is 8.41. The molecule has 8 nitrogen and oxygen atoms in total. The number of ether oxygens (including phenoxy) is 1. The molecule has 2 bridgehead atoms. The third-order valence-corrected chi connectivity index (χ3v) is 5.73. The van der Waals surface area contributed by atoms with Gasteiger partial charge in [-0.15, -0.1) is 0 Å². The number of aromatic nitrogens is 5. The quantitative estimate of drug-likeness (QED) is 0.680. The van der Waals surface area contributed by atoms with E-state index in [9.17, 15) is 4.79 Å². The number of aryl methyl sites for hydroxylation is 2. The molecule has 1 amide bonds. The molecule has 2 aliphatic rings. The number of carbonyl (C=O) groups excluding carboxylic acids is 1. The van der Waals surface area contributed by atoms with Crippen LogP contribution in [0.5, 0.6) is 5.88 Å². The Kier molecular flexibility index (Phi) is 4.26. The van der Waals surface area contributed by atoms with Crippen molar-refractivity contribution in [3.05, 3.63) is 59.8 Å². The molecule has 29 heavy (non-hydrogen) atoms. The summed E-state index contributed by atoms with van der Waals surface area (Å²) < 4.78 is 6.11. The van der Waals surface area contributed by atoms with Crippen LogP contribution in [0.15, 0.2) is 43.0 Å². The summed E-state index contributed by atoms with van der Waals surface area (Å²) in [6.07, 6.45) is 8.39. The van der Waals surface area contributed by atoms with Crippen molar-refractivity contribution in [3.63, 3.8) is 0 Å². The number of benzene rings is 1. The van der Waals surface area contributed by atoms with E-state index < -0.39 is 0 Å². The first-order valence-corrected chi connectivity index (χ1v) is 9.82.